The lowest BCUT2D eigenvalue weighted by Gasteiger charge is -2.08. The van der Waals surface area contributed by atoms with Crippen LogP contribution in [-0.2, 0) is 14.4 Å². The Kier molecular flexibility index (Phi) is 10.3. The van der Waals surface area contributed by atoms with E-state index >= 15 is 0 Å². The number of nitrogens with two attached hydrogens (primary N) is 1. The van der Waals surface area contributed by atoms with Gasteiger partial charge in [0.1, 0.15) is 6.20 Å². The Labute approximate surface area is 114 Å². The van der Waals surface area contributed by atoms with Crippen molar-refractivity contribution in [3.63, 3.8) is 0 Å². The first-order valence-corrected chi connectivity index (χ1v) is 5.39. The van der Waals surface area contributed by atoms with Crippen LogP contribution in [0.15, 0.2) is 12.3 Å². The van der Waals surface area contributed by atoms with E-state index in [0.29, 0.717) is 12.6 Å². The maximum atomic E-state index is 11.0. The highest BCUT2D eigenvalue weighted by atomic mass is 19.5. The van der Waals surface area contributed by atoms with Gasteiger partial charge in [-0.1, -0.05) is 0 Å². The van der Waals surface area contributed by atoms with E-state index in [1.54, 1.807) is 37.5 Å². The number of carbonyl (C=O) groups is 1. The molecule has 0 spiro atoms. The lowest BCUT2D eigenvalue weighted by molar-refractivity contribution is -0.480. The Morgan fingerprint density at radius 2 is 1.80 bits per heavy atom. The van der Waals surface area contributed by atoms with Crippen molar-refractivity contribution < 1.29 is 36.2 Å². The fourth-order valence-electron chi connectivity index (χ4n) is 0.931. The molecule has 0 amide bonds. The van der Waals surface area contributed by atoms with Gasteiger partial charge in [-0.2, -0.15) is 5.90 Å². The SMILES string of the molecule is CCOC(=O)C=CN(C)C(ON)=[N+](C)C.F[B-](F)(F)F. The van der Waals surface area contributed by atoms with Crippen LogP contribution in [0.4, 0.5) is 17.3 Å². The van der Waals surface area contributed by atoms with Gasteiger partial charge in [0, 0.05) is 0 Å². The zero-order valence-corrected chi connectivity index (χ0v) is 11.6. The third kappa shape index (κ3) is 14.3. The highest BCUT2D eigenvalue weighted by Gasteiger charge is 2.20. The second-order valence-corrected chi connectivity index (χ2v) is 3.47. The van der Waals surface area contributed by atoms with Gasteiger partial charge in [0.25, 0.3) is 0 Å². The molecule has 0 radical (unpaired) electrons. The van der Waals surface area contributed by atoms with Crippen LogP contribution >= 0.6 is 0 Å². The van der Waals surface area contributed by atoms with Crippen LogP contribution in [0.25, 0.3) is 0 Å². The van der Waals surface area contributed by atoms with Gasteiger partial charge in [-0.05, 0) is 6.92 Å². The van der Waals surface area contributed by atoms with Crippen molar-refractivity contribution in [2.75, 3.05) is 27.7 Å². The zero-order valence-electron chi connectivity index (χ0n) is 11.6. The first-order chi connectivity index (χ1) is 9.02. The molecular formula is C9H18BF4N3O3. The van der Waals surface area contributed by atoms with Gasteiger partial charge in [0.05, 0.1) is 33.8 Å². The molecule has 0 saturated carbocycles. The second-order valence-electron chi connectivity index (χ2n) is 3.47. The number of ether oxygens (including phenoxy) is 1. The number of hydrogen-bond donors (Lipinski definition) is 1. The van der Waals surface area contributed by atoms with E-state index in [9.17, 15) is 22.1 Å². The molecule has 0 heterocycles. The van der Waals surface area contributed by atoms with E-state index in [-0.39, 0.29) is 0 Å². The van der Waals surface area contributed by atoms with E-state index in [4.69, 9.17) is 10.6 Å². The van der Waals surface area contributed by atoms with Crippen molar-refractivity contribution >= 4 is 19.2 Å². The molecule has 0 aliphatic carbocycles. The van der Waals surface area contributed by atoms with E-state index in [0.717, 1.165) is 0 Å². The molecule has 2 N–H and O–H groups in total. The number of carbonyl (C=O) groups excluding carboxylic acids is 1. The average molecular weight is 303 g/mol. The lowest BCUT2D eigenvalue weighted by Crippen LogP contribution is -2.33. The highest BCUT2D eigenvalue weighted by Crippen LogP contribution is 2.06. The summed E-state index contributed by atoms with van der Waals surface area (Å²) in [6.07, 6.45) is 2.81. The number of rotatable bonds is 3. The standard InChI is InChI=1S/C9H18N3O3.BF4/c1-5-14-8(13)6-7-12(4)9(15-10)11(2)3;2-1(3,4)5/h6-7H,5,10H2,1-4H3;/q+1;-1. The fraction of sp³-hybridized carbons (Fsp3) is 0.556. The quantitative estimate of drug-likeness (QED) is 0.122. The third-order valence-electron chi connectivity index (χ3n) is 1.51. The van der Waals surface area contributed by atoms with Gasteiger partial charge >= 0.3 is 19.2 Å². The van der Waals surface area contributed by atoms with Crippen LogP contribution in [0.5, 0.6) is 0 Å². The number of amidine groups is 1. The average Bonchev–Trinajstić information content (AvgIpc) is 2.25. The van der Waals surface area contributed by atoms with Gasteiger partial charge in [-0.25, -0.2) is 14.3 Å². The van der Waals surface area contributed by atoms with Crippen LogP contribution in [0.1, 0.15) is 6.92 Å². The van der Waals surface area contributed by atoms with Crippen molar-refractivity contribution in [1.29, 1.82) is 0 Å². The monoisotopic (exact) mass is 303 g/mol. The molecule has 0 atom stereocenters. The van der Waals surface area contributed by atoms with Gasteiger partial charge in [0.15, 0.2) is 0 Å². The van der Waals surface area contributed by atoms with Crippen LogP contribution in [0.3, 0.4) is 0 Å². The molecule has 0 rings (SSSR count). The summed E-state index contributed by atoms with van der Waals surface area (Å²) in [6.45, 7) is 2.10. The highest BCUT2D eigenvalue weighted by molar-refractivity contribution is 6.50. The molecule has 0 aromatic heterocycles. The van der Waals surface area contributed by atoms with Crippen molar-refractivity contribution in [3.05, 3.63) is 12.3 Å². The smallest absolute Gasteiger partial charge is 0.463 e. The maximum Gasteiger partial charge on any atom is 0.673 e. The van der Waals surface area contributed by atoms with Crippen molar-refractivity contribution in [2.45, 2.75) is 6.92 Å². The summed E-state index contributed by atoms with van der Waals surface area (Å²) < 4.78 is 45.4. The van der Waals surface area contributed by atoms with Gasteiger partial charge in [0.2, 0.25) is 0 Å². The van der Waals surface area contributed by atoms with E-state index in [1.807, 2.05) is 0 Å². The molecule has 0 aliphatic rings. The van der Waals surface area contributed by atoms with Gasteiger partial charge in [-0.15, -0.1) is 0 Å². The molecule has 0 fully saturated rings. The van der Waals surface area contributed by atoms with Crippen LogP contribution < -0.4 is 5.90 Å². The van der Waals surface area contributed by atoms with Crippen LogP contribution in [0, 0.1) is 0 Å². The Morgan fingerprint density at radius 3 is 2.10 bits per heavy atom. The molecular weight excluding hydrogens is 285 g/mol. The summed E-state index contributed by atoms with van der Waals surface area (Å²) in [5.41, 5.74) is 0. The van der Waals surface area contributed by atoms with Crippen molar-refractivity contribution in [3.8, 4) is 0 Å². The fourth-order valence-corrected chi connectivity index (χ4v) is 0.931. The lowest BCUT2D eigenvalue weighted by atomic mass is 10.3. The molecule has 20 heavy (non-hydrogen) atoms. The van der Waals surface area contributed by atoms with Crippen molar-refractivity contribution in [1.82, 2.24) is 4.90 Å². The molecule has 0 aromatic rings. The minimum absolute atomic E-state index is 0.352. The molecule has 0 unspecified atom stereocenters. The summed E-state index contributed by atoms with van der Waals surface area (Å²) in [4.78, 5) is 17.2. The molecule has 11 heteroatoms. The normalized spacial score (nSPS) is 10.4. The summed E-state index contributed by atoms with van der Waals surface area (Å²) in [6, 6.07) is 0.413. The number of esters is 1. The topological polar surface area (TPSA) is 67.8 Å². The van der Waals surface area contributed by atoms with E-state index < -0.39 is 13.2 Å². The predicted molar refractivity (Wildman–Crippen MR) is 66.1 cm³/mol. The zero-order chi connectivity index (χ0) is 16.3. The van der Waals surface area contributed by atoms with E-state index in [1.165, 1.54) is 12.3 Å². The molecule has 0 saturated heterocycles. The summed E-state index contributed by atoms with van der Waals surface area (Å²) in [7, 11) is -0.744. The Hall–Kier alpha value is -1.78. The minimum Gasteiger partial charge on any atom is -0.463 e. The summed E-state index contributed by atoms with van der Waals surface area (Å²) in [5, 5.41) is 0. The summed E-state index contributed by atoms with van der Waals surface area (Å²) >= 11 is 0. The number of nitrogens with zero attached hydrogens (tertiary/aromatic N) is 2. The predicted octanol–water partition coefficient (Wildman–Crippen LogP) is 0.813. The Morgan fingerprint density at radius 1 is 1.35 bits per heavy atom. The van der Waals surface area contributed by atoms with Crippen molar-refractivity contribution in [2.24, 2.45) is 5.90 Å². The second kappa shape index (κ2) is 10.1. The number of hydrogen-bond acceptors (Lipinski definition) is 4. The first kappa shape index (κ1) is 20.5. The first-order valence-electron chi connectivity index (χ1n) is 5.39. The molecule has 0 bridgehead atoms. The van der Waals surface area contributed by atoms with Crippen LogP contribution in [0.2, 0.25) is 0 Å². The van der Waals surface area contributed by atoms with Crippen LogP contribution in [-0.4, -0.2) is 56.5 Å². The number of halogens is 4. The Balaban J connectivity index is 0. The third-order valence-corrected chi connectivity index (χ3v) is 1.51. The molecule has 6 nitrogen and oxygen atoms in total. The molecule has 0 aliphatic heterocycles. The van der Waals surface area contributed by atoms with Gasteiger partial charge < -0.3 is 26.8 Å². The molecule has 118 valence electrons. The summed E-state index contributed by atoms with van der Waals surface area (Å²) in [5.74, 6) is 4.67. The minimum atomic E-state index is -6.00. The molecule has 0 aromatic carbocycles. The Bertz CT molecular complexity index is 351. The largest absolute Gasteiger partial charge is 0.673 e. The van der Waals surface area contributed by atoms with E-state index in [2.05, 4.69) is 4.84 Å². The maximum absolute atomic E-state index is 11.0. The van der Waals surface area contributed by atoms with Gasteiger partial charge in [-0.3, -0.25) is 0 Å².